The van der Waals surface area contributed by atoms with Crippen LogP contribution >= 0.6 is 0 Å². The smallest absolute Gasteiger partial charge is 0.161 e. The van der Waals surface area contributed by atoms with Gasteiger partial charge in [0.25, 0.3) is 0 Å². The third-order valence-corrected chi connectivity index (χ3v) is 5.31. The molecule has 0 saturated heterocycles. The Kier molecular flexibility index (Phi) is 4.14. The molecule has 4 rings (SSSR count). The fourth-order valence-corrected chi connectivity index (χ4v) is 4.11. The number of fused-ring (bicyclic) bond motifs is 1. The lowest BCUT2D eigenvalue weighted by atomic mass is 9.61. The van der Waals surface area contributed by atoms with Gasteiger partial charge in [0.1, 0.15) is 0 Å². The Labute approximate surface area is 152 Å². The van der Waals surface area contributed by atoms with E-state index in [1.165, 1.54) is 11.6 Å². The summed E-state index contributed by atoms with van der Waals surface area (Å²) in [7, 11) is 0. The minimum atomic E-state index is -0.871. The van der Waals surface area contributed by atoms with Crippen LogP contribution in [-0.2, 0) is 0 Å². The van der Waals surface area contributed by atoms with Gasteiger partial charge in [-0.25, -0.2) is 8.78 Å². The molecule has 1 atom stereocenters. The summed E-state index contributed by atoms with van der Waals surface area (Å²) in [5.74, 6) is -1.19. The van der Waals surface area contributed by atoms with Gasteiger partial charge in [-0.2, -0.15) is 0 Å². The highest BCUT2D eigenvalue weighted by molar-refractivity contribution is 5.81. The molecule has 3 aromatic rings. The minimum Gasteiger partial charge on any atom is -0.377 e. The zero-order chi connectivity index (χ0) is 18.3. The second-order valence-corrected chi connectivity index (χ2v) is 8.05. The van der Waals surface area contributed by atoms with Gasteiger partial charge >= 0.3 is 0 Å². The first kappa shape index (κ1) is 17.0. The molecular formula is C22H22F2N2. The summed E-state index contributed by atoms with van der Waals surface area (Å²) in [6.45, 7) is 4.58. The summed E-state index contributed by atoms with van der Waals surface area (Å²) in [4.78, 5) is 4.29. The first-order valence-electron chi connectivity index (χ1n) is 8.98. The van der Waals surface area contributed by atoms with E-state index in [-0.39, 0.29) is 6.04 Å². The van der Waals surface area contributed by atoms with Gasteiger partial charge in [-0.15, -0.1) is 0 Å². The molecule has 0 aliphatic heterocycles. The van der Waals surface area contributed by atoms with Gasteiger partial charge < -0.3 is 5.32 Å². The minimum absolute atomic E-state index is 0.175. The van der Waals surface area contributed by atoms with Gasteiger partial charge in [-0.3, -0.25) is 4.98 Å². The Morgan fingerprint density at radius 3 is 2.42 bits per heavy atom. The van der Waals surface area contributed by atoms with Gasteiger partial charge in [0, 0.05) is 11.5 Å². The molecule has 1 aliphatic carbocycles. The molecule has 1 aliphatic rings. The van der Waals surface area contributed by atoms with Crippen molar-refractivity contribution in [3.05, 3.63) is 71.9 Å². The van der Waals surface area contributed by atoms with Crippen LogP contribution in [0.25, 0.3) is 10.9 Å². The Morgan fingerprint density at radius 2 is 1.73 bits per heavy atom. The lowest BCUT2D eigenvalue weighted by molar-refractivity contribution is 0.0812. The highest BCUT2D eigenvalue weighted by Gasteiger charge is 2.41. The maximum Gasteiger partial charge on any atom is 0.161 e. The van der Waals surface area contributed by atoms with E-state index in [9.17, 15) is 8.78 Å². The SMILES string of the molecule is CC1(C)CC(C(Nc2cnc3cc(F)c(F)cc3c2)c2ccccc2)C1. The molecule has 1 unspecified atom stereocenters. The number of anilines is 1. The van der Waals surface area contributed by atoms with Gasteiger partial charge in [-0.1, -0.05) is 44.2 Å². The molecule has 1 saturated carbocycles. The number of rotatable bonds is 4. The average molecular weight is 352 g/mol. The molecule has 26 heavy (non-hydrogen) atoms. The molecule has 2 aromatic carbocycles. The van der Waals surface area contributed by atoms with Crippen molar-refractivity contribution in [2.75, 3.05) is 5.32 Å². The molecule has 1 aromatic heterocycles. The molecule has 1 heterocycles. The zero-order valence-corrected chi connectivity index (χ0v) is 15.0. The summed E-state index contributed by atoms with van der Waals surface area (Å²) in [5, 5.41) is 4.17. The highest BCUT2D eigenvalue weighted by atomic mass is 19.2. The second-order valence-electron chi connectivity index (χ2n) is 8.05. The lowest BCUT2D eigenvalue weighted by Gasteiger charge is -2.47. The van der Waals surface area contributed by atoms with Crippen molar-refractivity contribution >= 4 is 16.6 Å². The van der Waals surface area contributed by atoms with E-state index in [1.807, 2.05) is 24.3 Å². The summed E-state index contributed by atoms with van der Waals surface area (Å²) in [6.07, 6.45) is 4.00. The lowest BCUT2D eigenvalue weighted by Crippen LogP contribution is -2.38. The number of hydrogen-bond acceptors (Lipinski definition) is 2. The Bertz CT molecular complexity index is 930. The molecule has 0 spiro atoms. The van der Waals surface area contributed by atoms with Crippen molar-refractivity contribution in [2.24, 2.45) is 11.3 Å². The van der Waals surface area contributed by atoms with Crippen molar-refractivity contribution in [3.8, 4) is 0 Å². The molecule has 134 valence electrons. The molecule has 2 nitrogen and oxygen atoms in total. The maximum atomic E-state index is 13.6. The first-order chi connectivity index (χ1) is 12.4. The van der Waals surface area contributed by atoms with Gasteiger partial charge in [-0.05, 0) is 41.9 Å². The summed E-state index contributed by atoms with van der Waals surface area (Å²) < 4.78 is 26.9. The molecule has 1 N–H and O–H groups in total. The zero-order valence-electron chi connectivity index (χ0n) is 15.0. The largest absolute Gasteiger partial charge is 0.377 e. The molecular weight excluding hydrogens is 330 g/mol. The van der Waals surface area contributed by atoms with E-state index in [4.69, 9.17) is 0 Å². The van der Waals surface area contributed by atoms with Crippen molar-refractivity contribution in [1.82, 2.24) is 4.98 Å². The third kappa shape index (κ3) is 3.28. The first-order valence-corrected chi connectivity index (χ1v) is 8.98. The quantitative estimate of drug-likeness (QED) is 0.613. The van der Waals surface area contributed by atoms with E-state index in [2.05, 4.69) is 36.3 Å². The van der Waals surface area contributed by atoms with Crippen LogP contribution in [-0.4, -0.2) is 4.98 Å². The Balaban J connectivity index is 1.65. The molecule has 0 amide bonds. The van der Waals surface area contributed by atoms with Gasteiger partial charge in [0.2, 0.25) is 0 Å². The summed E-state index contributed by atoms with van der Waals surface area (Å²) in [6, 6.07) is 14.7. The van der Waals surface area contributed by atoms with Crippen LogP contribution in [0, 0.1) is 23.0 Å². The standard InChI is InChI=1S/C22H22F2N2/c1-22(2)11-16(12-22)21(14-6-4-3-5-7-14)26-17-8-15-9-18(23)19(24)10-20(15)25-13-17/h3-10,13,16,21,26H,11-12H2,1-2H3. The predicted molar refractivity (Wildman–Crippen MR) is 101 cm³/mol. The van der Waals surface area contributed by atoms with Crippen LogP contribution in [0.5, 0.6) is 0 Å². The van der Waals surface area contributed by atoms with Crippen LogP contribution < -0.4 is 5.32 Å². The number of benzene rings is 2. The number of nitrogens with one attached hydrogen (secondary N) is 1. The van der Waals surface area contributed by atoms with Crippen LogP contribution in [0.15, 0.2) is 54.7 Å². The van der Waals surface area contributed by atoms with Crippen LogP contribution in [0.4, 0.5) is 14.5 Å². The van der Waals surface area contributed by atoms with Gasteiger partial charge in [0.05, 0.1) is 23.4 Å². The highest BCUT2D eigenvalue weighted by Crippen LogP contribution is 2.51. The van der Waals surface area contributed by atoms with E-state index in [0.717, 1.165) is 24.6 Å². The van der Waals surface area contributed by atoms with E-state index in [1.54, 1.807) is 6.20 Å². The van der Waals surface area contributed by atoms with E-state index >= 15 is 0 Å². The Morgan fingerprint density at radius 1 is 1.04 bits per heavy atom. The fourth-order valence-electron chi connectivity index (χ4n) is 4.11. The van der Waals surface area contributed by atoms with E-state index < -0.39 is 11.6 Å². The number of hydrogen-bond donors (Lipinski definition) is 1. The van der Waals surface area contributed by atoms with E-state index in [0.29, 0.717) is 22.2 Å². The third-order valence-electron chi connectivity index (χ3n) is 5.31. The predicted octanol–water partition coefficient (Wildman–Crippen LogP) is 6.10. The number of pyridine rings is 1. The van der Waals surface area contributed by atoms with Crippen molar-refractivity contribution in [3.63, 3.8) is 0 Å². The van der Waals surface area contributed by atoms with Crippen LogP contribution in [0.1, 0.15) is 38.3 Å². The van der Waals surface area contributed by atoms with Crippen molar-refractivity contribution < 1.29 is 8.78 Å². The van der Waals surface area contributed by atoms with Gasteiger partial charge in [0.15, 0.2) is 11.6 Å². The Hall–Kier alpha value is -2.49. The molecule has 0 bridgehead atoms. The molecule has 4 heteroatoms. The fraction of sp³-hybridized carbons (Fsp3) is 0.318. The average Bonchev–Trinajstić information content (AvgIpc) is 2.59. The maximum absolute atomic E-state index is 13.6. The number of halogens is 2. The number of aromatic nitrogens is 1. The summed E-state index contributed by atoms with van der Waals surface area (Å²) in [5.41, 5.74) is 2.89. The normalized spacial score (nSPS) is 17.7. The van der Waals surface area contributed by atoms with Crippen LogP contribution in [0.3, 0.4) is 0 Å². The topological polar surface area (TPSA) is 24.9 Å². The van der Waals surface area contributed by atoms with Crippen molar-refractivity contribution in [1.29, 1.82) is 0 Å². The monoisotopic (exact) mass is 352 g/mol. The number of nitrogens with zero attached hydrogens (tertiary/aromatic N) is 1. The molecule has 1 fully saturated rings. The molecule has 0 radical (unpaired) electrons. The van der Waals surface area contributed by atoms with Crippen molar-refractivity contribution in [2.45, 2.75) is 32.7 Å². The second kappa shape index (κ2) is 6.35. The van der Waals surface area contributed by atoms with Crippen LogP contribution in [0.2, 0.25) is 0 Å². The summed E-state index contributed by atoms with van der Waals surface area (Å²) >= 11 is 0.